The molecular weight excluding hydrogens is 635 g/mol. The molecule has 0 unspecified atom stereocenters. The SMILES string of the molecule is Cc1ccc([Si]2(c3ccc(C)cc3)c3ccccc3-c3ccc(-c4nc(-c5ccccc5)nc(-c5ccc(-c6ccccc6)cc5)n4)cc32)cc1. The fourth-order valence-electron chi connectivity index (χ4n) is 7.61. The average Bonchev–Trinajstić information content (AvgIpc) is 3.49. The molecule has 4 heteroatoms. The summed E-state index contributed by atoms with van der Waals surface area (Å²) in [6, 6.07) is 63.5. The third-order valence-electron chi connectivity index (χ3n) is 10.2. The maximum absolute atomic E-state index is 5.19. The molecule has 51 heavy (non-hydrogen) atoms. The van der Waals surface area contributed by atoms with Gasteiger partial charge in [-0.1, -0.05) is 187 Å². The van der Waals surface area contributed by atoms with E-state index >= 15 is 0 Å². The second kappa shape index (κ2) is 12.6. The smallest absolute Gasteiger partial charge is 0.180 e. The van der Waals surface area contributed by atoms with Gasteiger partial charge in [0.25, 0.3) is 0 Å². The van der Waals surface area contributed by atoms with E-state index in [2.05, 4.69) is 166 Å². The Morgan fingerprint density at radius 3 is 1.33 bits per heavy atom. The quantitative estimate of drug-likeness (QED) is 0.167. The number of aryl methyl sites for hydroxylation is 2. The van der Waals surface area contributed by atoms with Gasteiger partial charge < -0.3 is 0 Å². The second-order valence-electron chi connectivity index (χ2n) is 13.4. The Morgan fingerprint density at radius 2 is 0.745 bits per heavy atom. The van der Waals surface area contributed by atoms with E-state index in [1.807, 2.05) is 24.3 Å². The number of hydrogen-bond donors (Lipinski definition) is 0. The summed E-state index contributed by atoms with van der Waals surface area (Å²) in [5, 5.41) is 5.54. The summed E-state index contributed by atoms with van der Waals surface area (Å²) in [7, 11) is -2.70. The zero-order valence-electron chi connectivity index (χ0n) is 28.6. The molecule has 0 spiro atoms. The molecule has 8 aromatic rings. The van der Waals surface area contributed by atoms with Gasteiger partial charge in [-0.25, -0.2) is 15.0 Å². The van der Waals surface area contributed by atoms with Crippen molar-refractivity contribution in [1.82, 2.24) is 15.0 Å². The largest absolute Gasteiger partial charge is 0.208 e. The first-order chi connectivity index (χ1) is 25.1. The summed E-state index contributed by atoms with van der Waals surface area (Å²) in [6.07, 6.45) is 0. The molecule has 3 nitrogen and oxygen atoms in total. The van der Waals surface area contributed by atoms with Crippen molar-refractivity contribution in [2.45, 2.75) is 13.8 Å². The van der Waals surface area contributed by atoms with Crippen LogP contribution < -0.4 is 20.7 Å². The standard InChI is InChI=1S/C47H35N3Si/c1-32-17-26-39(27-18-32)51(40-28-19-33(2)20-29-40)43-16-10-9-15-41(43)42-30-25-38(31-44(42)51)47-49-45(36-13-7-4-8-14-36)48-46(50-47)37-23-21-35(22-24-37)34-11-5-3-6-12-34/h3-31H,1-2H3. The Bertz CT molecular complexity index is 2460. The zero-order chi connectivity index (χ0) is 34.4. The van der Waals surface area contributed by atoms with Gasteiger partial charge in [0.15, 0.2) is 25.5 Å². The summed E-state index contributed by atoms with van der Waals surface area (Å²) in [5.41, 5.74) is 10.3. The predicted molar refractivity (Wildman–Crippen MR) is 214 cm³/mol. The third-order valence-corrected chi connectivity index (χ3v) is 15.1. The van der Waals surface area contributed by atoms with Crippen LogP contribution in [0, 0.1) is 13.8 Å². The van der Waals surface area contributed by atoms with Crippen LogP contribution in [0.15, 0.2) is 176 Å². The van der Waals surface area contributed by atoms with Crippen molar-refractivity contribution >= 4 is 28.8 Å². The number of nitrogens with zero attached hydrogens (tertiary/aromatic N) is 3. The minimum absolute atomic E-state index is 0.655. The Balaban J connectivity index is 1.26. The van der Waals surface area contributed by atoms with Gasteiger partial charge in [-0.05, 0) is 56.8 Å². The molecule has 0 saturated heterocycles. The summed E-state index contributed by atoms with van der Waals surface area (Å²) >= 11 is 0. The molecule has 1 aromatic heterocycles. The second-order valence-corrected chi connectivity index (χ2v) is 17.1. The van der Waals surface area contributed by atoms with Gasteiger partial charge in [-0.3, -0.25) is 0 Å². The van der Waals surface area contributed by atoms with Crippen LogP contribution in [0.2, 0.25) is 0 Å². The van der Waals surface area contributed by atoms with Gasteiger partial charge in [0.1, 0.15) is 0 Å². The van der Waals surface area contributed by atoms with Crippen molar-refractivity contribution in [2.24, 2.45) is 0 Å². The molecule has 7 aromatic carbocycles. The van der Waals surface area contributed by atoms with E-state index in [0.29, 0.717) is 17.5 Å². The molecule has 0 aliphatic carbocycles. The van der Waals surface area contributed by atoms with Crippen LogP contribution >= 0.6 is 0 Å². The van der Waals surface area contributed by atoms with Crippen molar-refractivity contribution < 1.29 is 0 Å². The molecule has 0 bridgehead atoms. The highest BCUT2D eigenvalue weighted by molar-refractivity contribution is 7.22. The number of aromatic nitrogens is 3. The molecule has 9 rings (SSSR count). The summed E-state index contributed by atoms with van der Waals surface area (Å²) in [4.78, 5) is 15.4. The Labute approximate surface area is 300 Å². The molecule has 0 fully saturated rings. The first kappa shape index (κ1) is 30.8. The Kier molecular flexibility index (Phi) is 7.60. The van der Waals surface area contributed by atoms with Crippen molar-refractivity contribution in [1.29, 1.82) is 0 Å². The molecule has 0 radical (unpaired) electrons. The van der Waals surface area contributed by atoms with Gasteiger partial charge in [-0.15, -0.1) is 0 Å². The van der Waals surface area contributed by atoms with E-state index in [4.69, 9.17) is 15.0 Å². The third kappa shape index (κ3) is 5.32. The first-order valence-corrected chi connectivity index (χ1v) is 19.4. The van der Waals surface area contributed by atoms with Crippen molar-refractivity contribution in [2.75, 3.05) is 0 Å². The molecule has 0 N–H and O–H groups in total. The average molecular weight is 670 g/mol. The van der Waals surface area contributed by atoms with Crippen LogP contribution in [-0.2, 0) is 0 Å². The van der Waals surface area contributed by atoms with Gasteiger partial charge in [-0.2, -0.15) is 0 Å². The van der Waals surface area contributed by atoms with Gasteiger partial charge in [0, 0.05) is 16.7 Å². The molecule has 0 amide bonds. The molecule has 2 heterocycles. The van der Waals surface area contributed by atoms with Crippen LogP contribution in [-0.4, -0.2) is 23.0 Å². The molecule has 0 atom stereocenters. The lowest BCUT2D eigenvalue weighted by atomic mass is 10.0. The minimum Gasteiger partial charge on any atom is -0.208 e. The van der Waals surface area contributed by atoms with E-state index in [0.717, 1.165) is 22.3 Å². The maximum Gasteiger partial charge on any atom is 0.180 e. The van der Waals surface area contributed by atoms with E-state index in [-0.39, 0.29) is 0 Å². The van der Waals surface area contributed by atoms with Gasteiger partial charge >= 0.3 is 0 Å². The van der Waals surface area contributed by atoms with Crippen molar-refractivity contribution in [3.63, 3.8) is 0 Å². The van der Waals surface area contributed by atoms with Crippen molar-refractivity contribution in [3.05, 3.63) is 187 Å². The summed E-state index contributed by atoms with van der Waals surface area (Å²) < 4.78 is 0. The maximum atomic E-state index is 5.19. The zero-order valence-corrected chi connectivity index (χ0v) is 29.6. The number of rotatable bonds is 6. The van der Waals surface area contributed by atoms with Crippen LogP contribution in [0.1, 0.15) is 11.1 Å². The number of hydrogen-bond acceptors (Lipinski definition) is 3. The minimum atomic E-state index is -2.70. The highest BCUT2D eigenvalue weighted by Gasteiger charge is 2.48. The fourth-order valence-corrected chi connectivity index (χ4v) is 12.8. The van der Waals surface area contributed by atoms with Crippen molar-refractivity contribution in [3.8, 4) is 56.4 Å². The number of fused-ring (bicyclic) bond motifs is 3. The highest BCUT2D eigenvalue weighted by atomic mass is 28.3. The highest BCUT2D eigenvalue weighted by Crippen LogP contribution is 2.32. The topological polar surface area (TPSA) is 38.7 Å². The van der Waals surface area contributed by atoms with E-state index < -0.39 is 8.07 Å². The van der Waals surface area contributed by atoms with Gasteiger partial charge in [0.2, 0.25) is 0 Å². The normalized spacial score (nSPS) is 12.7. The first-order valence-electron chi connectivity index (χ1n) is 17.4. The van der Waals surface area contributed by atoms with Crippen LogP contribution in [0.5, 0.6) is 0 Å². The van der Waals surface area contributed by atoms with Crippen LogP contribution in [0.25, 0.3) is 56.4 Å². The lowest BCUT2D eigenvalue weighted by Gasteiger charge is -2.31. The van der Waals surface area contributed by atoms with E-state index in [9.17, 15) is 0 Å². The Morgan fingerprint density at radius 1 is 0.333 bits per heavy atom. The summed E-state index contributed by atoms with van der Waals surface area (Å²) in [5.74, 6) is 1.98. The van der Waals surface area contributed by atoms with Crippen LogP contribution in [0.4, 0.5) is 0 Å². The molecular formula is C47H35N3Si. The van der Waals surface area contributed by atoms with Gasteiger partial charge in [0.05, 0.1) is 0 Å². The van der Waals surface area contributed by atoms with Crippen LogP contribution in [0.3, 0.4) is 0 Å². The fraction of sp³-hybridized carbons (Fsp3) is 0.0426. The Hall–Kier alpha value is -6.23. The van der Waals surface area contributed by atoms with E-state index in [1.54, 1.807) is 0 Å². The lowest BCUT2D eigenvalue weighted by Crippen LogP contribution is -2.72. The monoisotopic (exact) mass is 669 g/mol. The lowest BCUT2D eigenvalue weighted by molar-refractivity contribution is 1.07. The van der Waals surface area contributed by atoms with E-state index in [1.165, 1.54) is 48.6 Å². The summed E-state index contributed by atoms with van der Waals surface area (Å²) in [6.45, 7) is 4.33. The molecule has 242 valence electrons. The molecule has 0 saturated carbocycles. The molecule has 1 aliphatic heterocycles. The number of benzene rings is 7. The molecule has 1 aliphatic rings. The predicted octanol–water partition coefficient (Wildman–Crippen LogP) is 8.51.